The molecule has 8 heteroatoms. The molecule has 2 aromatic heterocycles. The van der Waals surface area contributed by atoms with Gasteiger partial charge in [-0.15, -0.1) is 0 Å². The van der Waals surface area contributed by atoms with Crippen LogP contribution >= 0.6 is 0 Å². The van der Waals surface area contributed by atoms with Crippen molar-refractivity contribution in [2.24, 2.45) is 30.2 Å². The molecule has 0 aliphatic heterocycles. The van der Waals surface area contributed by atoms with Crippen molar-refractivity contribution >= 4 is 28.5 Å². The highest BCUT2D eigenvalue weighted by Crippen LogP contribution is 2.69. The van der Waals surface area contributed by atoms with E-state index in [1.54, 1.807) is 24.5 Å². The molecular weight excluding hydrogens is 442 g/mol. The van der Waals surface area contributed by atoms with Gasteiger partial charge in [-0.1, -0.05) is 12.2 Å². The van der Waals surface area contributed by atoms with E-state index in [2.05, 4.69) is 27.8 Å². The molecule has 0 saturated heterocycles. The third-order valence-corrected chi connectivity index (χ3v) is 8.07. The number of ether oxygens (including phenoxy) is 1. The van der Waals surface area contributed by atoms with Crippen molar-refractivity contribution in [3.05, 3.63) is 54.4 Å². The van der Waals surface area contributed by atoms with Gasteiger partial charge in [-0.3, -0.25) is 14.6 Å². The molecule has 6 rings (SSSR count). The summed E-state index contributed by atoms with van der Waals surface area (Å²) in [4.78, 5) is 34.6. The maximum atomic E-state index is 13.2. The van der Waals surface area contributed by atoms with Gasteiger partial charge in [0.25, 0.3) is 5.91 Å². The van der Waals surface area contributed by atoms with Crippen LogP contribution in [0.3, 0.4) is 0 Å². The number of hydrogen-bond donors (Lipinski definition) is 2. The molecule has 1 spiro atoms. The first-order chi connectivity index (χ1) is 17.0. The Balaban J connectivity index is 1.30. The average molecular weight is 472 g/mol. The van der Waals surface area contributed by atoms with Gasteiger partial charge in [0.05, 0.1) is 16.7 Å². The molecule has 35 heavy (non-hydrogen) atoms. The van der Waals surface area contributed by atoms with Crippen LogP contribution in [-0.4, -0.2) is 46.6 Å². The minimum absolute atomic E-state index is 0.0786. The number of nitrogens with one attached hydrogen (secondary N) is 2. The van der Waals surface area contributed by atoms with Gasteiger partial charge in [-0.05, 0) is 66.7 Å². The van der Waals surface area contributed by atoms with E-state index in [1.165, 1.54) is 20.0 Å². The van der Waals surface area contributed by atoms with Crippen molar-refractivity contribution in [3.63, 3.8) is 0 Å². The molecule has 2 saturated carbocycles. The van der Waals surface area contributed by atoms with Gasteiger partial charge in [0, 0.05) is 44.2 Å². The Morgan fingerprint density at radius 1 is 1.26 bits per heavy atom. The summed E-state index contributed by atoms with van der Waals surface area (Å²) in [6.07, 6.45) is 12.0. The summed E-state index contributed by atoms with van der Waals surface area (Å²) in [6.45, 7) is 0.587. The Morgan fingerprint density at radius 2 is 2.11 bits per heavy atom. The third-order valence-electron chi connectivity index (χ3n) is 8.07. The summed E-state index contributed by atoms with van der Waals surface area (Å²) >= 11 is 0. The number of benzene rings is 1. The lowest BCUT2D eigenvalue weighted by Crippen LogP contribution is -2.31. The van der Waals surface area contributed by atoms with Crippen LogP contribution in [0.2, 0.25) is 0 Å². The summed E-state index contributed by atoms with van der Waals surface area (Å²) in [5, 5.41) is 6.06. The van der Waals surface area contributed by atoms with Crippen LogP contribution in [0.1, 0.15) is 29.6 Å². The number of aromatic nitrogens is 3. The van der Waals surface area contributed by atoms with E-state index in [0.717, 1.165) is 17.5 Å². The molecule has 3 aliphatic carbocycles. The van der Waals surface area contributed by atoms with Gasteiger partial charge >= 0.3 is 0 Å². The van der Waals surface area contributed by atoms with Crippen molar-refractivity contribution in [1.29, 1.82) is 0 Å². The summed E-state index contributed by atoms with van der Waals surface area (Å²) in [5.74, 6) is 2.03. The number of imidazole rings is 1. The van der Waals surface area contributed by atoms with Crippen LogP contribution < -0.4 is 10.6 Å². The zero-order chi connectivity index (χ0) is 24.2. The van der Waals surface area contributed by atoms with Gasteiger partial charge in [0.2, 0.25) is 5.91 Å². The molecule has 2 amide bonds. The van der Waals surface area contributed by atoms with Crippen LogP contribution in [0, 0.1) is 23.2 Å². The first-order valence-corrected chi connectivity index (χ1v) is 12.2. The highest BCUT2D eigenvalue weighted by Gasteiger charge is 2.62. The summed E-state index contributed by atoms with van der Waals surface area (Å²) < 4.78 is 6.89. The van der Waals surface area contributed by atoms with E-state index in [4.69, 9.17) is 9.72 Å². The number of pyridine rings is 1. The van der Waals surface area contributed by atoms with Gasteiger partial charge in [-0.2, -0.15) is 0 Å². The van der Waals surface area contributed by atoms with E-state index >= 15 is 0 Å². The maximum Gasteiger partial charge on any atom is 0.251 e. The molecule has 0 unspecified atom stereocenters. The van der Waals surface area contributed by atoms with E-state index in [-0.39, 0.29) is 18.4 Å². The van der Waals surface area contributed by atoms with E-state index in [9.17, 15) is 9.59 Å². The smallest absolute Gasteiger partial charge is 0.251 e. The minimum atomic E-state index is -0.293. The van der Waals surface area contributed by atoms with Gasteiger partial charge in [0.1, 0.15) is 12.4 Å². The minimum Gasteiger partial charge on any atom is -0.375 e. The number of allylic oxidation sites excluding steroid dienone is 2. The van der Waals surface area contributed by atoms with E-state index < -0.39 is 0 Å². The molecule has 3 atom stereocenters. The van der Waals surface area contributed by atoms with Gasteiger partial charge < -0.3 is 19.9 Å². The Bertz CT molecular complexity index is 1340. The van der Waals surface area contributed by atoms with Crippen molar-refractivity contribution in [3.8, 4) is 11.4 Å². The summed E-state index contributed by atoms with van der Waals surface area (Å²) in [5.41, 5.74) is 3.72. The lowest BCUT2D eigenvalue weighted by atomic mass is 9.89. The highest BCUT2D eigenvalue weighted by molar-refractivity contribution is 6.06. The molecule has 2 bridgehead atoms. The van der Waals surface area contributed by atoms with Gasteiger partial charge in [0.15, 0.2) is 0 Å². The fourth-order valence-electron chi connectivity index (χ4n) is 6.33. The second-order valence-corrected chi connectivity index (χ2v) is 10.1. The van der Waals surface area contributed by atoms with Crippen LogP contribution in [0.5, 0.6) is 0 Å². The first-order valence-electron chi connectivity index (χ1n) is 12.2. The van der Waals surface area contributed by atoms with Crippen molar-refractivity contribution in [2.75, 3.05) is 25.6 Å². The predicted octanol–water partition coefficient (Wildman–Crippen LogP) is 3.55. The Labute approximate surface area is 203 Å². The summed E-state index contributed by atoms with van der Waals surface area (Å²) in [7, 11) is 3.36. The van der Waals surface area contributed by atoms with Crippen LogP contribution in [0.25, 0.3) is 22.4 Å². The van der Waals surface area contributed by atoms with Crippen LogP contribution in [0.15, 0.2) is 48.8 Å². The largest absolute Gasteiger partial charge is 0.375 e. The number of aryl methyl sites for hydroxylation is 1. The summed E-state index contributed by atoms with van der Waals surface area (Å²) in [6, 6.07) is 7.30. The average Bonchev–Trinajstić information content (AvgIpc) is 3.41. The molecule has 8 nitrogen and oxygen atoms in total. The number of methoxy groups -OCH3 is 1. The predicted molar refractivity (Wildman–Crippen MR) is 133 cm³/mol. The maximum absolute atomic E-state index is 13.2. The number of rotatable bonds is 7. The molecule has 3 aromatic rings. The molecule has 2 heterocycles. The number of carbonyl (C=O) groups excluding carboxylic acids is 2. The van der Waals surface area contributed by atoms with Gasteiger partial charge in [-0.25, -0.2) is 4.98 Å². The molecular formula is C27H29N5O3. The first kappa shape index (κ1) is 22.0. The monoisotopic (exact) mass is 471 g/mol. The molecule has 2 fully saturated rings. The second-order valence-electron chi connectivity index (χ2n) is 10.1. The normalized spacial score (nSPS) is 23.2. The number of fused-ring (bicyclic) bond motifs is 1. The molecule has 0 radical (unpaired) electrons. The number of carbonyl (C=O) groups is 2. The zero-order valence-electron chi connectivity index (χ0n) is 20.0. The topological polar surface area (TPSA) is 98.1 Å². The van der Waals surface area contributed by atoms with E-state index in [0.29, 0.717) is 52.3 Å². The van der Waals surface area contributed by atoms with Crippen molar-refractivity contribution in [2.45, 2.75) is 19.3 Å². The second kappa shape index (κ2) is 8.30. The Kier molecular flexibility index (Phi) is 5.21. The number of anilines is 1. The van der Waals surface area contributed by atoms with Crippen LogP contribution in [-0.2, 0) is 16.6 Å². The number of nitrogens with zero attached hydrogens (tertiary/aromatic N) is 3. The fraction of sp³-hybridized carbons (Fsp3) is 0.407. The van der Waals surface area contributed by atoms with Crippen molar-refractivity contribution in [1.82, 2.24) is 19.9 Å². The number of amides is 2. The SMILES string of the molecule is COCC(=O)Nc1cc(C(=O)NC[C@H]2C[C@H]3C=C[C@H]2C32CC2)cc2nc(-c3cccnc3)n(C)c12. The third kappa shape index (κ3) is 3.63. The Morgan fingerprint density at radius 3 is 2.83 bits per heavy atom. The molecule has 2 N–H and O–H groups in total. The van der Waals surface area contributed by atoms with Crippen molar-refractivity contribution < 1.29 is 14.3 Å². The lowest BCUT2D eigenvalue weighted by Gasteiger charge is -2.20. The fourth-order valence-corrected chi connectivity index (χ4v) is 6.33. The van der Waals surface area contributed by atoms with E-state index in [1.807, 2.05) is 23.7 Å². The zero-order valence-corrected chi connectivity index (χ0v) is 20.0. The highest BCUT2D eigenvalue weighted by atomic mass is 16.5. The Hall–Kier alpha value is -3.52. The molecule has 3 aliphatic rings. The standard InChI is InChI=1S/C27H29N5O3/c1-32-24-21(30-23(33)15-35-2)11-17(12-22(24)31-25(32)16-4-3-9-28-13-16)26(34)29-14-18-10-19-5-6-20(18)27(19)7-8-27/h3-6,9,11-13,18-20H,7-8,10,14-15H2,1-2H3,(H,29,34)(H,30,33)/t18-,19-,20-/m1/s1. The quantitative estimate of drug-likeness (QED) is 0.514. The molecule has 180 valence electrons. The molecule has 1 aromatic carbocycles. The lowest BCUT2D eigenvalue weighted by molar-refractivity contribution is -0.119. The number of hydrogen-bond acceptors (Lipinski definition) is 5. The van der Waals surface area contributed by atoms with Crippen LogP contribution in [0.4, 0.5) is 5.69 Å².